The van der Waals surface area contributed by atoms with E-state index in [2.05, 4.69) is 5.32 Å². The number of amides is 2. The number of piperidine rings is 1. The highest BCUT2D eigenvalue weighted by atomic mass is 19.1. The number of nitrogens with one attached hydrogen (secondary N) is 1. The van der Waals surface area contributed by atoms with Crippen LogP contribution in [0.15, 0.2) is 53.5 Å². The molecule has 2 N–H and O–H groups in total. The maximum absolute atomic E-state index is 14.3. The third kappa shape index (κ3) is 4.28. The zero-order valence-corrected chi connectivity index (χ0v) is 16.8. The van der Waals surface area contributed by atoms with Crippen LogP contribution in [0.4, 0.5) is 14.9 Å². The minimum Gasteiger partial charge on any atom is -0.477 e. The number of aromatic nitrogens is 1. The number of hydrogen-bond acceptors (Lipinski definition) is 3. The monoisotopic (exact) mass is 423 g/mol. The Morgan fingerprint density at radius 1 is 1.03 bits per heavy atom. The molecule has 2 heterocycles. The van der Waals surface area contributed by atoms with Gasteiger partial charge in [0.25, 0.3) is 0 Å². The summed E-state index contributed by atoms with van der Waals surface area (Å²) in [5.41, 5.74) is 0.455. The number of fused-ring (bicyclic) bond motifs is 1. The van der Waals surface area contributed by atoms with E-state index in [-0.39, 0.29) is 18.0 Å². The van der Waals surface area contributed by atoms with Gasteiger partial charge in [0.15, 0.2) is 0 Å². The van der Waals surface area contributed by atoms with Gasteiger partial charge in [-0.1, -0.05) is 18.2 Å². The summed E-state index contributed by atoms with van der Waals surface area (Å²) in [4.78, 5) is 38.0. The first kappa shape index (κ1) is 20.6. The molecule has 1 aromatic heterocycles. The van der Waals surface area contributed by atoms with Crippen LogP contribution in [-0.2, 0) is 6.54 Å². The highest BCUT2D eigenvalue weighted by molar-refractivity contribution is 5.93. The maximum atomic E-state index is 14.3. The molecule has 1 aliphatic rings. The summed E-state index contributed by atoms with van der Waals surface area (Å²) in [5.74, 6) is -2.16. The molecule has 0 unspecified atom stereocenters. The summed E-state index contributed by atoms with van der Waals surface area (Å²) in [6.07, 6.45) is 4.40. The zero-order chi connectivity index (χ0) is 22.0. The number of rotatable bonds is 4. The number of anilines is 1. The maximum Gasteiger partial charge on any atom is 0.341 e. The molecule has 0 aliphatic carbocycles. The molecule has 1 saturated heterocycles. The summed E-state index contributed by atoms with van der Waals surface area (Å²) >= 11 is 0. The molecule has 160 valence electrons. The first-order chi connectivity index (χ1) is 14.9. The van der Waals surface area contributed by atoms with Gasteiger partial charge in [-0.3, -0.25) is 4.79 Å². The van der Waals surface area contributed by atoms with Gasteiger partial charge in [0.05, 0.1) is 10.9 Å². The van der Waals surface area contributed by atoms with E-state index in [1.807, 2.05) is 0 Å². The molecule has 8 heteroatoms. The Balaban J connectivity index is 1.59. The third-order valence-electron chi connectivity index (χ3n) is 5.49. The van der Waals surface area contributed by atoms with E-state index in [1.54, 1.807) is 39.8 Å². The summed E-state index contributed by atoms with van der Waals surface area (Å²) in [6, 6.07) is 11.2. The Morgan fingerprint density at radius 3 is 2.42 bits per heavy atom. The second-order valence-corrected chi connectivity index (χ2v) is 7.61. The standard InChI is InChI=1S/C23H22FN3O4/c24-18-5-4-6-19-20(18)21(28)17(22(29)30)14-27(19)13-15-7-9-16(10-8-15)25-23(31)26-11-2-1-3-12-26/h4-10,14H,1-3,11-13H2,(H,25,31)(H,29,30). The molecule has 0 spiro atoms. The normalized spacial score (nSPS) is 13.9. The van der Waals surface area contributed by atoms with Gasteiger partial charge in [0, 0.05) is 31.5 Å². The predicted octanol–water partition coefficient (Wildman–Crippen LogP) is 3.90. The van der Waals surface area contributed by atoms with E-state index in [0.29, 0.717) is 11.2 Å². The number of pyridine rings is 1. The van der Waals surface area contributed by atoms with Crippen molar-refractivity contribution >= 4 is 28.6 Å². The lowest BCUT2D eigenvalue weighted by Crippen LogP contribution is -2.38. The lowest BCUT2D eigenvalue weighted by atomic mass is 10.1. The number of aromatic carboxylic acids is 1. The van der Waals surface area contributed by atoms with E-state index < -0.39 is 22.8 Å². The molecule has 1 aliphatic heterocycles. The molecule has 3 aromatic rings. The third-order valence-corrected chi connectivity index (χ3v) is 5.49. The number of urea groups is 1. The topological polar surface area (TPSA) is 91.6 Å². The van der Waals surface area contributed by atoms with Gasteiger partial charge in [-0.05, 0) is 49.1 Å². The fourth-order valence-corrected chi connectivity index (χ4v) is 3.87. The molecular formula is C23H22FN3O4. The van der Waals surface area contributed by atoms with Crippen molar-refractivity contribution in [2.24, 2.45) is 0 Å². The number of hydrogen-bond donors (Lipinski definition) is 2. The Labute approximate surface area is 177 Å². The Hall–Kier alpha value is -3.68. The summed E-state index contributed by atoms with van der Waals surface area (Å²) < 4.78 is 15.8. The van der Waals surface area contributed by atoms with Crippen molar-refractivity contribution < 1.29 is 19.1 Å². The fourth-order valence-electron chi connectivity index (χ4n) is 3.87. The van der Waals surface area contributed by atoms with Crippen molar-refractivity contribution in [1.82, 2.24) is 9.47 Å². The van der Waals surface area contributed by atoms with Crippen LogP contribution in [-0.4, -0.2) is 39.7 Å². The molecule has 4 rings (SSSR count). The van der Waals surface area contributed by atoms with E-state index in [0.717, 1.165) is 44.0 Å². The number of halogens is 1. The van der Waals surface area contributed by atoms with Crippen LogP contribution in [0.1, 0.15) is 35.2 Å². The Morgan fingerprint density at radius 2 is 1.74 bits per heavy atom. The second-order valence-electron chi connectivity index (χ2n) is 7.61. The van der Waals surface area contributed by atoms with Crippen molar-refractivity contribution in [2.45, 2.75) is 25.8 Å². The largest absolute Gasteiger partial charge is 0.477 e. The molecular weight excluding hydrogens is 401 g/mol. The first-order valence-electron chi connectivity index (χ1n) is 10.1. The molecule has 0 atom stereocenters. The van der Waals surface area contributed by atoms with Crippen LogP contribution in [0.5, 0.6) is 0 Å². The van der Waals surface area contributed by atoms with Crippen molar-refractivity contribution in [3.05, 3.63) is 75.8 Å². The highest BCUT2D eigenvalue weighted by Crippen LogP contribution is 2.19. The van der Waals surface area contributed by atoms with Gasteiger partial charge >= 0.3 is 12.0 Å². The van der Waals surface area contributed by atoms with E-state index in [9.17, 15) is 23.9 Å². The molecule has 0 radical (unpaired) electrons. The van der Waals surface area contributed by atoms with Gasteiger partial charge in [-0.15, -0.1) is 0 Å². The number of carboxylic acids is 1. The molecule has 2 amide bonds. The second kappa shape index (κ2) is 8.59. The number of nitrogens with zero attached hydrogens (tertiary/aromatic N) is 2. The van der Waals surface area contributed by atoms with Crippen LogP contribution < -0.4 is 10.7 Å². The van der Waals surface area contributed by atoms with Crippen LogP contribution in [0.3, 0.4) is 0 Å². The van der Waals surface area contributed by atoms with E-state index in [1.165, 1.54) is 12.3 Å². The predicted molar refractivity (Wildman–Crippen MR) is 115 cm³/mol. The minimum atomic E-state index is -1.40. The fraction of sp³-hybridized carbons (Fsp3) is 0.261. The molecule has 0 saturated carbocycles. The average Bonchev–Trinajstić information content (AvgIpc) is 2.77. The number of likely N-dealkylation sites (tertiary alicyclic amines) is 1. The van der Waals surface area contributed by atoms with Crippen LogP contribution in [0, 0.1) is 5.82 Å². The lowest BCUT2D eigenvalue weighted by molar-refractivity contribution is 0.0695. The first-order valence-corrected chi connectivity index (χ1v) is 10.1. The molecule has 31 heavy (non-hydrogen) atoms. The number of carbonyl (C=O) groups is 2. The Bertz CT molecular complexity index is 1200. The SMILES string of the molecule is O=C(O)c1cn(Cc2ccc(NC(=O)N3CCCCC3)cc2)c2cccc(F)c2c1=O. The summed E-state index contributed by atoms with van der Waals surface area (Å²) in [6.45, 7) is 1.75. The Kier molecular flexibility index (Phi) is 5.70. The number of carbonyl (C=O) groups excluding carboxylic acids is 1. The van der Waals surface area contributed by atoms with Gasteiger partial charge in [-0.2, -0.15) is 0 Å². The smallest absolute Gasteiger partial charge is 0.341 e. The van der Waals surface area contributed by atoms with Gasteiger partial charge in [-0.25, -0.2) is 14.0 Å². The summed E-state index contributed by atoms with van der Waals surface area (Å²) in [5, 5.41) is 12.0. The van der Waals surface area contributed by atoms with Gasteiger partial charge < -0.3 is 19.9 Å². The number of benzene rings is 2. The quantitative estimate of drug-likeness (QED) is 0.666. The highest BCUT2D eigenvalue weighted by Gasteiger charge is 2.18. The van der Waals surface area contributed by atoms with Crippen molar-refractivity contribution in [1.29, 1.82) is 0 Å². The summed E-state index contributed by atoms with van der Waals surface area (Å²) in [7, 11) is 0. The zero-order valence-electron chi connectivity index (χ0n) is 16.8. The van der Waals surface area contributed by atoms with E-state index >= 15 is 0 Å². The molecule has 1 fully saturated rings. The minimum absolute atomic E-state index is 0.125. The van der Waals surface area contributed by atoms with Crippen LogP contribution in [0.25, 0.3) is 10.9 Å². The molecule has 2 aromatic carbocycles. The number of carboxylic acid groups (broad SMARTS) is 1. The van der Waals surface area contributed by atoms with Crippen molar-refractivity contribution in [3.8, 4) is 0 Å². The molecule has 7 nitrogen and oxygen atoms in total. The molecule has 0 bridgehead atoms. The van der Waals surface area contributed by atoms with Crippen molar-refractivity contribution in [2.75, 3.05) is 18.4 Å². The van der Waals surface area contributed by atoms with Crippen LogP contribution in [0.2, 0.25) is 0 Å². The average molecular weight is 423 g/mol. The lowest BCUT2D eigenvalue weighted by Gasteiger charge is -2.26. The van der Waals surface area contributed by atoms with Gasteiger partial charge in [0.1, 0.15) is 11.4 Å². The van der Waals surface area contributed by atoms with Gasteiger partial charge in [0.2, 0.25) is 5.43 Å². The van der Waals surface area contributed by atoms with Crippen molar-refractivity contribution in [3.63, 3.8) is 0 Å². The van der Waals surface area contributed by atoms with Crippen LogP contribution >= 0.6 is 0 Å². The van der Waals surface area contributed by atoms with E-state index in [4.69, 9.17) is 0 Å².